The van der Waals surface area contributed by atoms with E-state index in [0.29, 0.717) is 0 Å². The van der Waals surface area contributed by atoms with Crippen molar-refractivity contribution in [3.8, 4) is 89.3 Å². The molecule has 0 bridgehead atoms. The SMILES string of the molecule is c1ccc(-c2cccc(-c3cccc4c3c3cc(-c5ccc(-c6ccc7c(c6)c6cc(-c8ccccc8)ccc6n7-c6ccccc6-c6ccccc6)cc5)ccc3n4-c3cccc(-c4ccccc4)c3)c2)cc1. The molecule has 74 heavy (non-hydrogen) atoms. The zero-order valence-corrected chi connectivity index (χ0v) is 40.6. The summed E-state index contributed by atoms with van der Waals surface area (Å²) >= 11 is 0. The molecule has 12 aromatic carbocycles. The molecule has 0 aliphatic rings. The van der Waals surface area contributed by atoms with E-state index < -0.39 is 0 Å². The summed E-state index contributed by atoms with van der Waals surface area (Å²) in [4.78, 5) is 0. The topological polar surface area (TPSA) is 9.86 Å². The lowest BCUT2D eigenvalue weighted by Gasteiger charge is -2.14. The van der Waals surface area contributed by atoms with Crippen LogP contribution in [0, 0.1) is 0 Å². The molecular weight excluding hydrogens is 893 g/mol. The third kappa shape index (κ3) is 7.52. The van der Waals surface area contributed by atoms with Crippen molar-refractivity contribution in [2.24, 2.45) is 0 Å². The number of hydrogen-bond donors (Lipinski definition) is 0. The number of aromatic nitrogens is 2. The van der Waals surface area contributed by atoms with Crippen LogP contribution in [-0.4, -0.2) is 9.13 Å². The van der Waals surface area contributed by atoms with Crippen molar-refractivity contribution in [1.82, 2.24) is 9.13 Å². The van der Waals surface area contributed by atoms with Gasteiger partial charge in [-0.15, -0.1) is 0 Å². The Balaban J connectivity index is 0.898. The second-order valence-electron chi connectivity index (χ2n) is 19.3. The highest BCUT2D eigenvalue weighted by atomic mass is 15.0. The molecule has 0 radical (unpaired) electrons. The Morgan fingerprint density at radius 1 is 0.189 bits per heavy atom. The zero-order chi connectivity index (χ0) is 49.0. The monoisotopic (exact) mass is 940 g/mol. The quantitative estimate of drug-likeness (QED) is 0.136. The minimum atomic E-state index is 1.13. The summed E-state index contributed by atoms with van der Waals surface area (Å²) < 4.78 is 4.90. The fourth-order valence-electron chi connectivity index (χ4n) is 11.4. The second kappa shape index (κ2) is 18.1. The Bertz CT molecular complexity index is 4370. The lowest BCUT2D eigenvalue weighted by molar-refractivity contribution is 1.18. The van der Waals surface area contributed by atoms with Crippen molar-refractivity contribution in [3.05, 3.63) is 291 Å². The van der Waals surface area contributed by atoms with Gasteiger partial charge in [-0.2, -0.15) is 0 Å². The average Bonchev–Trinajstić information content (AvgIpc) is 4.03. The van der Waals surface area contributed by atoms with E-state index in [1.54, 1.807) is 0 Å². The Labute approximate surface area is 431 Å². The standard InChI is InChI=1S/C72H48N2/c1-5-18-49(19-6-1)55-26-15-28-60(44-55)63-31-17-33-71-72(63)66-48-59(40-43-70(66)73(71)61-29-16-27-56(45-61)50-20-7-2-8-21-50)53-36-34-52(35-37-53)58-39-42-69-65(47-58)64-46-57(51-22-9-3-10-23-51)38-41-68(64)74(69)67-32-14-13-30-62(67)54-24-11-4-12-25-54/h1-48H. The van der Waals surface area contributed by atoms with Crippen LogP contribution in [0.15, 0.2) is 291 Å². The van der Waals surface area contributed by atoms with Crippen LogP contribution in [0.4, 0.5) is 0 Å². The fourth-order valence-corrected chi connectivity index (χ4v) is 11.4. The molecule has 0 N–H and O–H groups in total. The van der Waals surface area contributed by atoms with Crippen LogP contribution in [0.25, 0.3) is 133 Å². The summed E-state index contributed by atoms with van der Waals surface area (Å²) in [5.74, 6) is 0. The first-order valence-electron chi connectivity index (χ1n) is 25.5. The van der Waals surface area contributed by atoms with E-state index in [-0.39, 0.29) is 0 Å². The van der Waals surface area contributed by atoms with Gasteiger partial charge < -0.3 is 9.13 Å². The van der Waals surface area contributed by atoms with Crippen LogP contribution in [0.3, 0.4) is 0 Å². The Kier molecular flexibility index (Phi) is 10.6. The maximum atomic E-state index is 2.45. The van der Waals surface area contributed by atoms with Crippen molar-refractivity contribution in [3.63, 3.8) is 0 Å². The first kappa shape index (κ1) is 43.1. The van der Waals surface area contributed by atoms with Gasteiger partial charge in [0.1, 0.15) is 0 Å². The summed E-state index contributed by atoms with van der Waals surface area (Å²) in [6.45, 7) is 0. The molecule has 2 nitrogen and oxygen atoms in total. The van der Waals surface area contributed by atoms with Crippen molar-refractivity contribution < 1.29 is 0 Å². The Hall–Kier alpha value is -9.76. The second-order valence-corrected chi connectivity index (χ2v) is 19.3. The van der Waals surface area contributed by atoms with Crippen LogP contribution < -0.4 is 0 Å². The number of para-hydroxylation sites is 1. The molecule has 0 atom stereocenters. The van der Waals surface area contributed by atoms with Gasteiger partial charge >= 0.3 is 0 Å². The van der Waals surface area contributed by atoms with Gasteiger partial charge in [0.2, 0.25) is 0 Å². The van der Waals surface area contributed by atoms with Crippen LogP contribution in [0.5, 0.6) is 0 Å². The molecular formula is C72H48N2. The smallest absolute Gasteiger partial charge is 0.0547 e. The average molecular weight is 941 g/mol. The lowest BCUT2D eigenvalue weighted by atomic mass is 9.94. The lowest BCUT2D eigenvalue weighted by Crippen LogP contribution is -1.97. The van der Waals surface area contributed by atoms with Crippen molar-refractivity contribution in [1.29, 1.82) is 0 Å². The predicted molar refractivity (Wildman–Crippen MR) is 313 cm³/mol. The summed E-state index contributed by atoms with van der Waals surface area (Å²) in [6, 6.07) is 106. The molecule has 2 heterocycles. The van der Waals surface area contributed by atoms with Gasteiger partial charge in [0.25, 0.3) is 0 Å². The number of nitrogens with zero attached hydrogens (tertiary/aromatic N) is 2. The molecule has 0 saturated heterocycles. The highest BCUT2D eigenvalue weighted by molar-refractivity contribution is 6.17. The summed E-state index contributed by atoms with van der Waals surface area (Å²) in [7, 11) is 0. The van der Waals surface area contributed by atoms with Crippen LogP contribution in [0.2, 0.25) is 0 Å². The first-order chi connectivity index (χ1) is 36.7. The van der Waals surface area contributed by atoms with Crippen LogP contribution in [-0.2, 0) is 0 Å². The molecule has 14 rings (SSSR count). The number of hydrogen-bond acceptors (Lipinski definition) is 0. The van der Waals surface area contributed by atoms with Gasteiger partial charge in [-0.3, -0.25) is 0 Å². The third-order valence-electron chi connectivity index (χ3n) is 14.9. The van der Waals surface area contributed by atoms with E-state index in [1.165, 1.54) is 122 Å². The van der Waals surface area contributed by atoms with Crippen molar-refractivity contribution in [2.45, 2.75) is 0 Å². The van der Waals surface area contributed by atoms with Gasteiger partial charge in [0.05, 0.1) is 27.8 Å². The predicted octanol–water partition coefficient (Wildman–Crippen LogP) is 19.5. The molecule has 0 spiro atoms. The van der Waals surface area contributed by atoms with Gasteiger partial charge in [-0.1, -0.05) is 224 Å². The Morgan fingerprint density at radius 3 is 1.14 bits per heavy atom. The van der Waals surface area contributed by atoms with Crippen LogP contribution >= 0.6 is 0 Å². The normalized spacial score (nSPS) is 11.5. The molecule has 2 aromatic heterocycles. The maximum Gasteiger partial charge on any atom is 0.0547 e. The molecule has 0 amide bonds. The summed E-state index contributed by atoms with van der Waals surface area (Å²) in [6.07, 6.45) is 0. The molecule has 0 saturated carbocycles. The van der Waals surface area contributed by atoms with E-state index in [0.717, 1.165) is 11.4 Å². The van der Waals surface area contributed by atoms with E-state index in [1.807, 2.05) is 0 Å². The summed E-state index contributed by atoms with van der Waals surface area (Å²) in [5, 5.41) is 4.92. The minimum absolute atomic E-state index is 1.13. The third-order valence-corrected chi connectivity index (χ3v) is 14.9. The molecule has 0 unspecified atom stereocenters. The van der Waals surface area contributed by atoms with Gasteiger partial charge in [-0.05, 0) is 139 Å². The Morgan fingerprint density at radius 2 is 0.568 bits per heavy atom. The molecule has 346 valence electrons. The largest absolute Gasteiger partial charge is 0.309 e. The molecule has 2 heteroatoms. The maximum absolute atomic E-state index is 2.45. The van der Waals surface area contributed by atoms with E-state index in [2.05, 4.69) is 300 Å². The molecule has 0 aliphatic carbocycles. The van der Waals surface area contributed by atoms with Crippen molar-refractivity contribution >= 4 is 43.6 Å². The molecule has 0 aliphatic heterocycles. The fraction of sp³-hybridized carbons (Fsp3) is 0. The van der Waals surface area contributed by atoms with Crippen molar-refractivity contribution in [2.75, 3.05) is 0 Å². The zero-order valence-electron chi connectivity index (χ0n) is 40.6. The molecule has 0 fully saturated rings. The van der Waals surface area contributed by atoms with E-state index in [9.17, 15) is 0 Å². The first-order valence-corrected chi connectivity index (χ1v) is 25.5. The number of rotatable bonds is 9. The van der Waals surface area contributed by atoms with Gasteiger partial charge in [0.15, 0.2) is 0 Å². The van der Waals surface area contributed by atoms with Gasteiger partial charge in [-0.25, -0.2) is 0 Å². The van der Waals surface area contributed by atoms with E-state index >= 15 is 0 Å². The summed E-state index contributed by atoms with van der Waals surface area (Å²) in [5.41, 5.74) is 23.8. The highest BCUT2D eigenvalue weighted by Crippen LogP contribution is 2.43. The van der Waals surface area contributed by atoms with Crippen LogP contribution in [0.1, 0.15) is 0 Å². The highest BCUT2D eigenvalue weighted by Gasteiger charge is 2.20. The number of fused-ring (bicyclic) bond motifs is 6. The van der Waals surface area contributed by atoms with Gasteiger partial charge in [0, 0.05) is 32.8 Å². The van der Waals surface area contributed by atoms with E-state index in [4.69, 9.17) is 0 Å². The number of benzene rings is 12. The molecule has 14 aromatic rings. The minimum Gasteiger partial charge on any atom is -0.309 e.